The molecule has 7 nitrogen and oxygen atoms in total. The number of carbonyl (C=O) groups excluding carboxylic acids is 1. The average Bonchev–Trinajstić information content (AvgIpc) is 2.91. The molecule has 4 N–H and O–H groups in total. The molecule has 8 heteroatoms. The molecule has 0 aliphatic carbocycles. The molecule has 0 aliphatic rings. The van der Waals surface area contributed by atoms with Gasteiger partial charge in [-0.15, -0.1) is 0 Å². The maximum absolute atomic E-state index is 13.2. The fourth-order valence-electron chi connectivity index (χ4n) is 3.08. The van der Waals surface area contributed by atoms with Crippen molar-refractivity contribution in [2.45, 2.75) is 6.92 Å². The zero-order valence-corrected chi connectivity index (χ0v) is 15.5. The van der Waals surface area contributed by atoms with Gasteiger partial charge in [0, 0.05) is 17.3 Å². The van der Waals surface area contributed by atoms with Gasteiger partial charge in [-0.05, 0) is 49.5 Å². The summed E-state index contributed by atoms with van der Waals surface area (Å²) in [6.45, 7) is 1.79. The van der Waals surface area contributed by atoms with E-state index >= 15 is 0 Å². The summed E-state index contributed by atoms with van der Waals surface area (Å²) < 4.78 is 7.18. The summed E-state index contributed by atoms with van der Waals surface area (Å²) in [5, 5.41) is 12.0. The minimum atomic E-state index is -1.20. The van der Waals surface area contributed by atoms with Gasteiger partial charge in [0.05, 0.1) is 23.9 Å². The number of anilines is 1. The van der Waals surface area contributed by atoms with E-state index in [1.54, 1.807) is 30.7 Å². The molecular weight excluding hydrogens is 366 g/mol. The highest BCUT2D eigenvalue weighted by Crippen LogP contribution is 2.32. The van der Waals surface area contributed by atoms with E-state index in [0.29, 0.717) is 17.0 Å². The SMILES string of the molecule is COc1c(C)c(C(=O)c2ccc(NC(N)=S)c(C(=O)O)c2)n2ccccc12. The predicted molar refractivity (Wildman–Crippen MR) is 106 cm³/mol. The number of aromatic nitrogens is 1. The van der Waals surface area contributed by atoms with Crippen LogP contribution < -0.4 is 15.8 Å². The summed E-state index contributed by atoms with van der Waals surface area (Å²) in [7, 11) is 1.54. The maximum Gasteiger partial charge on any atom is 0.337 e. The van der Waals surface area contributed by atoms with Gasteiger partial charge in [0.25, 0.3) is 0 Å². The van der Waals surface area contributed by atoms with Crippen molar-refractivity contribution in [3.8, 4) is 5.75 Å². The van der Waals surface area contributed by atoms with E-state index < -0.39 is 5.97 Å². The topological polar surface area (TPSA) is 106 Å². The summed E-state index contributed by atoms with van der Waals surface area (Å²) >= 11 is 4.76. The molecule has 2 heterocycles. The summed E-state index contributed by atoms with van der Waals surface area (Å²) in [4.78, 5) is 24.8. The van der Waals surface area contributed by atoms with Crippen molar-refractivity contribution in [2.75, 3.05) is 12.4 Å². The maximum atomic E-state index is 13.2. The molecule has 0 saturated carbocycles. The number of methoxy groups -OCH3 is 1. The van der Waals surface area contributed by atoms with Crippen molar-refractivity contribution in [1.82, 2.24) is 4.40 Å². The van der Waals surface area contributed by atoms with Crippen LogP contribution in [0.2, 0.25) is 0 Å². The highest BCUT2D eigenvalue weighted by molar-refractivity contribution is 7.80. The highest BCUT2D eigenvalue weighted by atomic mass is 32.1. The number of aromatic carboxylic acids is 1. The Bertz CT molecular complexity index is 1090. The molecule has 0 radical (unpaired) electrons. The quantitative estimate of drug-likeness (QED) is 0.459. The summed E-state index contributed by atoms with van der Waals surface area (Å²) in [6, 6.07) is 9.81. The number of thiocarbonyl (C=S) groups is 1. The van der Waals surface area contributed by atoms with Crippen LogP contribution in [0.15, 0.2) is 42.6 Å². The van der Waals surface area contributed by atoms with E-state index in [4.69, 9.17) is 22.7 Å². The van der Waals surface area contributed by atoms with E-state index in [-0.39, 0.29) is 27.7 Å². The third-order valence-corrected chi connectivity index (χ3v) is 4.32. The largest absolute Gasteiger partial charge is 0.494 e. The number of carboxylic acids is 1. The molecule has 0 fully saturated rings. The molecule has 0 bridgehead atoms. The molecule has 0 atom stereocenters. The fourth-order valence-corrected chi connectivity index (χ4v) is 3.19. The van der Waals surface area contributed by atoms with Crippen LogP contribution in [-0.2, 0) is 0 Å². The van der Waals surface area contributed by atoms with Crippen molar-refractivity contribution in [2.24, 2.45) is 5.73 Å². The molecular formula is C19H17N3O4S. The van der Waals surface area contributed by atoms with E-state index in [2.05, 4.69) is 5.32 Å². The first kappa shape index (κ1) is 18.4. The van der Waals surface area contributed by atoms with Gasteiger partial charge in [-0.1, -0.05) is 6.07 Å². The summed E-state index contributed by atoms with van der Waals surface area (Å²) in [6.07, 6.45) is 1.76. The van der Waals surface area contributed by atoms with Crippen LogP contribution in [-0.4, -0.2) is 33.5 Å². The van der Waals surface area contributed by atoms with Crippen molar-refractivity contribution in [3.63, 3.8) is 0 Å². The molecule has 0 spiro atoms. The van der Waals surface area contributed by atoms with Gasteiger partial charge in [0.15, 0.2) is 5.11 Å². The lowest BCUT2D eigenvalue weighted by molar-refractivity contribution is 0.0698. The number of pyridine rings is 1. The number of nitrogens with two attached hydrogens (primary N) is 1. The fraction of sp³-hybridized carbons (Fsp3) is 0.105. The molecule has 138 valence electrons. The zero-order chi connectivity index (χ0) is 19.7. The first-order chi connectivity index (χ1) is 12.8. The van der Waals surface area contributed by atoms with Crippen molar-refractivity contribution < 1.29 is 19.4 Å². The normalized spacial score (nSPS) is 10.6. The zero-order valence-electron chi connectivity index (χ0n) is 14.6. The monoisotopic (exact) mass is 383 g/mol. The van der Waals surface area contributed by atoms with Crippen molar-refractivity contribution >= 4 is 40.3 Å². The van der Waals surface area contributed by atoms with Gasteiger partial charge in [-0.2, -0.15) is 0 Å². The molecule has 3 aromatic rings. The lowest BCUT2D eigenvalue weighted by Gasteiger charge is -2.10. The van der Waals surface area contributed by atoms with Crippen LogP contribution in [0.1, 0.15) is 32.0 Å². The van der Waals surface area contributed by atoms with Crippen molar-refractivity contribution in [1.29, 1.82) is 0 Å². The average molecular weight is 383 g/mol. The second-order valence-corrected chi connectivity index (χ2v) is 6.29. The Labute approximate surface area is 160 Å². The second kappa shape index (κ2) is 7.08. The Morgan fingerprint density at radius 2 is 2.00 bits per heavy atom. The molecule has 0 aliphatic heterocycles. The number of fused-ring (bicyclic) bond motifs is 1. The van der Waals surface area contributed by atoms with E-state index in [0.717, 1.165) is 5.52 Å². The molecule has 0 amide bonds. The van der Waals surface area contributed by atoms with Crippen LogP contribution in [0, 0.1) is 6.92 Å². The van der Waals surface area contributed by atoms with Crippen LogP contribution in [0.25, 0.3) is 5.52 Å². The Morgan fingerprint density at radius 1 is 1.26 bits per heavy atom. The van der Waals surface area contributed by atoms with E-state index in [9.17, 15) is 14.7 Å². The third kappa shape index (κ3) is 3.22. The van der Waals surface area contributed by atoms with Gasteiger partial charge in [-0.25, -0.2) is 4.79 Å². The molecule has 1 aromatic carbocycles. The Morgan fingerprint density at radius 3 is 2.63 bits per heavy atom. The Hall–Kier alpha value is -3.39. The highest BCUT2D eigenvalue weighted by Gasteiger charge is 2.23. The summed E-state index contributed by atoms with van der Waals surface area (Å²) in [5.74, 6) is -0.914. The molecule has 27 heavy (non-hydrogen) atoms. The van der Waals surface area contributed by atoms with Crippen LogP contribution in [0.4, 0.5) is 5.69 Å². The number of nitrogens with one attached hydrogen (secondary N) is 1. The number of nitrogens with zero attached hydrogens (tertiary/aromatic N) is 1. The summed E-state index contributed by atoms with van der Waals surface area (Å²) in [5.41, 5.74) is 7.63. The smallest absolute Gasteiger partial charge is 0.337 e. The standard InChI is InChI=1S/C19H17N3O4S/c1-10-15(22-8-4-3-5-14(22)17(10)26-2)16(23)11-6-7-13(21-19(20)27)12(9-11)18(24)25/h3-9H,1-2H3,(H,24,25)(H3,20,21,27). The molecule has 0 saturated heterocycles. The molecule has 2 aromatic heterocycles. The number of ether oxygens (including phenoxy) is 1. The molecule has 3 rings (SSSR count). The van der Waals surface area contributed by atoms with E-state index in [1.165, 1.54) is 18.2 Å². The predicted octanol–water partition coefficient (Wildman–Crippen LogP) is 2.84. The lowest BCUT2D eigenvalue weighted by atomic mass is 10.0. The number of hydrogen-bond donors (Lipinski definition) is 3. The van der Waals surface area contributed by atoms with Gasteiger partial charge >= 0.3 is 5.97 Å². The Kier molecular flexibility index (Phi) is 4.83. The lowest BCUT2D eigenvalue weighted by Crippen LogP contribution is -2.21. The first-order valence-corrected chi connectivity index (χ1v) is 8.38. The number of ketones is 1. The van der Waals surface area contributed by atoms with Gasteiger partial charge in [0.2, 0.25) is 5.78 Å². The molecule has 0 unspecified atom stereocenters. The number of benzene rings is 1. The van der Waals surface area contributed by atoms with Gasteiger partial charge < -0.3 is 25.3 Å². The van der Waals surface area contributed by atoms with Gasteiger partial charge in [-0.3, -0.25) is 4.79 Å². The van der Waals surface area contributed by atoms with Crippen LogP contribution in [0.5, 0.6) is 5.75 Å². The number of carbonyl (C=O) groups is 2. The minimum Gasteiger partial charge on any atom is -0.494 e. The van der Waals surface area contributed by atoms with Crippen LogP contribution >= 0.6 is 12.2 Å². The second-order valence-electron chi connectivity index (χ2n) is 5.85. The number of hydrogen-bond acceptors (Lipinski definition) is 4. The van der Waals surface area contributed by atoms with Crippen LogP contribution in [0.3, 0.4) is 0 Å². The number of rotatable bonds is 5. The third-order valence-electron chi connectivity index (χ3n) is 4.22. The van der Waals surface area contributed by atoms with Crippen molar-refractivity contribution in [3.05, 3.63) is 65.0 Å². The van der Waals surface area contributed by atoms with Gasteiger partial charge in [0.1, 0.15) is 11.4 Å². The minimum absolute atomic E-state index is 0.0604. The number of carboxylic acid groups (broad SMARTS) is 1. The Balaban J connectivity index is 2.16. The first-order valence-electron chi connectivity index (χ1n) is 7.97. The van der Waals surface area contributed by atoms with E-state index in [1.807, 2.05) is 12.1 Å².